The Balaban J connectivity index is 2.08. The molecule has 0 saturated carbocycles. The molecule has 0 heterocycles. The molecule has 0 aliphatic heterocycles. The maximum atomic E-state index is 13.0. The topological polar surface area (TPSA) is 76.7 Å². The highest BCUT2D eigenvalue weighted by Gasteiger charge is 2.24. The standard InChI is InChI=1S/C24H32N2O4S/c1-4-30-24(28)21(16-18-10-6-5-7-11-18)26-23(27)20-13-12-19(17-22(20)29-3)31-15-9-8-14-25-2/h5-7,10-13,17,21,25H,4,8-9,14-16H2,1-3H3,(H,26,27). The van der Waals surface area contributed by atoms with Gasteiger partial charge in [-0.15, -0.1) is 11.8 Å². The zero-order valence-corrected chi connectivity index (χ0v) is 19.3. The highest BCUT2D eigenvalue weighted by molar-refractivity contribution is 7.99. The summed E-state index contributed by atoms with van der Waals surface area (Å²) in [6, 6.07) is 14.3. The molecule has 7 heteroatoms. The van der Waals surface area contributed by atoms with Crippen molar-refractivity contribution in [2.75, 3.05) is 33.1 Å². The summed E-state index contributed by atoms with van der Waals surface area (Å²) in [6.45, 7) is 3.01. The van der Waals surface area contributed by atoms with Crippen LogP contribution in [0.5, 0.6) is 5.75 Å². The van der Waals surface area contributed by atoms with E-state index in [2.05, 4.69) is 10.6 Å². The molecule has 0 fully saturated rings. The van der Waals surface area contributed by atoms with Crippen LogP contribution in [-0.2, 0) is 16.0 Å². The van der Waals surface area contributed by atoms with E-state index in [4.69, 9.17) is 9.47 Å². The Morgan fingerprint density at radius 3 is 2.55 bits per heavy atom. The minimum absolute atomic E-state index is 0.254. The van der Waals surface area contributed by atoms with Crippen molar-refractivity contribution >= 4 is 23.6 Å². The van der Waals surface area contributed by atoms with Crippen LogP contribution in [0.2, 0.25) is 0 Å². The van der Waals surface area contributed by atoms with Crippen molar-refractivity contribution in [1.82, 2.24) is 10.6 Å². The molecule has 1 amide bonds. The summed E-state index contributed by atoms with van der Waals surface area (Å²) < 4.78 is 10.6. The van der Waals surface area contributed by atoms with Crippen molar-refractivity contribution in [3.8, 4) is 5.75 Å². The van der Waals surface area contributed by atoms with Gasteiger partial charge in [-0.3, -0.25) is 4.79 Å². The maximum Gasteiger partial charge on any atom is 0.328 e. The number of thioether (sulfide) groups is 1. The number of rotatable bonds is 13. The minimum atomic E-state index is -0.777. The van der Waals surface area contributed by atoms with Crippen LogP contribution in [0.15, 0.2) is 53.4 Å². The van der Waals surface area contributed by atoms with E-state index in [0.717, 1.165) is 35.6 Å². The number of benzene rings is 2. The number of carbonyl (C=O) groups excluding carboxylic acids is 2. The number of hydrogen-bond donors (Lipinski definition) is 2. The third-order valence-corrected chi connectivity index (χ3v) is 5.75. The molecule has 1 atom stereocenters. The van der Waals surface area contributed by atoms with Crippen LogP contribution in [0.4, 0.5) is 0 Å². The van der Waals surface area contributed by atoms with Gasteiger partial charge in [-0.05, 0) is 62.9 Å². The van der Waals surface area contributed by atoms with Gasteiger partial charge in [0.1, 0.15) is 11.8 Å². The van der Waals surface area contributed by atoms with Crippen molar-refractivity contribution in [3.63, 3.8) is 0 Å². The molecule has 0 radical (unpaired) electrons. The zero-order valence-electron chi connectivity index (χ0n) is 18.5. The van der Waals surface area contributed by atoms with Crippen LogP contribution < -0.4 is 15.4 Å². The van der Waals surface area contributed by atoms with Crippen molar-refractivity contribution in [2.45, 2.75) is 37.1 Å². The van der Waals surface area contributed by atoms with Gasteiger partial charge in [-0.25, -0.2) is 4.79 Å². The molecule has 2 rings (SSSR count). The zero-order chi connectivity index (χ0) is 22.5. The Hall–Kier alpha value is -2.51. The molecule has 0 bridgehead atoms. The lowest BCUT2D eigenvalue weighted by atomic mass is 10.1. The summed E-state index contributed by atoms with van der Waals surface area (Å²) >= 11 is 1.73. The summed E-state index contributed by atoms with van der Waals surface area (Å²) in [7, 11) is 3.49. The van der Waals surface area contributed by atoms with E-state index >= 15 is 0 Å². The van der Waals surface area contributed by atoms with Crippen molar-refractivity contribution in [1.29, 1.82) is 0 Å². The van der Waals surface area contributed by atoms with E-state index in [0.29, 0.717) is 17.7 Å². The Morgan fingerprint density at radius 1 is 1.10 bits per heavy atom. The van der Waals surface area contributed by atoms with Gasteiger partial charge < -0.3 is 20.1 Å². The van der Waals surface area contributed by atoms with Gasteiger partial charge in [-0.1, -0.05) is 30.3 Å². The number of unbranched alkanes of at least 4 members (excludes halogenated alkanes) is 1. The smallest absolute Gasteiger partial charge is 0.328 e. The average molecular weight is 445 g/mol. The summed E-state index contributed by atoms with van der Waals surface area (Å²) in [6.07, 6.45) is 2.59. The van der Waals surface area contributed by atoms with Crippen LogP contribution >= 0.6 is 11.8 Å². The first kappa shape index (κ1) is 24.8. The fourth-order valence-corrected chi connectivity index (χ4v) is 4.00. The third kappa shape index (κ3) is 8.26. The van der Waals surface area contributed by atoms with Crippen molar-refractivity contribution < 1.29 is 19.1 Å². The molecule has 2 N–H and O–H groups in total. The van der Waals surface area contributed by atoms with Crippen LogP contribution in [0.1, 0.15) is 35.7 Å². The van der Waals surface area contributed by atoms with Gasteiger partial charge in [0.25, 0.3) is 5.91 Å². The second-order valence-corrected chi connectivity index (χ2v) is 8.16. The van der Waals surface area contributed by atoms with E-state index in [9.17, 15) is 9.59 Å². The molecule has 0 saturated heterocycles. The molecule has 2 aromatic carbocycles. The quantitative estimate of drug-likeness (QED) is 0.279. The maximum absolute atomic E-state index is 13.0. The molecule has 6 nitrogen and oxygen atoms in total. The van der Waals surface area contributed by atoms with Crippen LogP contribution in [0.25, 0.3) is 0 Å². The summed E-state index contributed by atoms with van der Waals surface area (Å²) in [4.78, 5) is 26.5. The Kier molecular flexibility index (Phi) is 11.0. The highest BCUT2D eigenvalue weighted by atomic mass is 32.2. The van der Waals surface area contributed by atoms with E-state index < -0.39 is 12.0 Å². The van der Waals surface area contributed by atoms with E-state index in [-0.39, 0.29) is 12.5 Å². The van der Waals surface area contributed by atoms with Crippen LogP contribution in [-0.4, -0.2) is 51.0 Å². The van der Waals surface area contributed by atoms with Gasteiger partial charge >= 0.3 is 5.97 Å². The lowest BCUT2D eigenvalue weighted by Crippen LogP contribution is -2.43. The normalized spacial score (nSPS) is 11.6. The summed E-state index contributed by atoms with van der Waals surface area (Å²) in [5, 5.41) is 5.96. The SMILES string of the molecule is CCOC(=O)C(Cc1ccccc1)NC(=O)c1ccc(SCCCCNC)cc1OC. The van der Waals surface area contributed by atoms with Gasteiger partial charge in [0.2, 0.25) is 0 Å². The molecular formula is C24H32N2O4S. The van der Waals surface area contributed by atoms with Gasteiger partial charge in [0.05, 0.1) is 19.3 Å². The molecule has 168 valence electrons. The van der Waals surface area contributed by atoms with Gasteiger partial charge in [-0.2, -0.15) is 0 Å². The first-order valence-corrected chi connectivity index (χ1v) is 11.5. The van der Waals surface area contributed by atoms with Crippen LogP contribution in [0.3, 0.4) is 0 Å². The number of hydrogen-bond acceptors (Lipinski definition) is 6. The fourth-order valence-electron chi connectivity index (χ4n) is 3.06. The lowest BCUT2D eigenvalue weighted by molar-refractivity contribution is -0.145. The predicted molar refractivity (Wildman–Crippen MR) is 125 cm³/mol. The molecule has 31 heavy (non-hydrogen) atoms. The number of amides is 1. The number of nitrogens with one attached hydrogen (secondary N) is 2. The summed E-state index contributed by atoms with van der Waals surface area (Å²) in [5.74, 6) is 0.669. The number of carbonyl (C=O) groups is 2. The minimum Gasteiger partial charge on any atom is -0.496 e. The fraction of sp³-hybridized carbons (Fsp3) is 0.417. The van der Waals surface area contributed by atoms with E-state index in [1.54, 1.807) is 31.9 Å². The van der Waals surface area contributed by atoms with Gasteiger partial charge in [0, 0.05) is 11.3 Å². The van der Waals surface area contributed by atoms with Crippen LogP contribution in [0, 0.1) is 0 Å². The molecule has 0 aromatic heterocycles. The Bertz CT molecular complexity index is 830. The summed E-state index contributed by atoms with van der Waals surface area (Å²) in [5.41, 5.74) is 1.34. The number of ether oxygens (including phenoxy) is 2. The Labute approximate surface area is 189 Å². The number of esters is 1. The third-order valence-electron chi connectivity index (χ3n) is 4.67. The van der Waals surface area contributed by atoms with E-state index in [1.807, 2.05) is 49.5 Å². The monoisotopic (exact) mass is 444 g/mol. The largest absolute Gasteiger partial charge is 0.496 e. The van der Waals surface area contributed by atoms with Crippen molar-refractivity contribution in [3.05, 3.63) is 59.7 Å². The van der Waals surface area contributed by atoms with Gasteiger partial charge in [0.15, 0.2) is 0 Å². The molecule has 0 aliphatic rings. The first-order valence-electron chi connectivity index (χ1n) is 10.6. The highest BCUT2D eigenvalue weighted by Crippen LogP contribution is 2.27. The number of methoxy groups -OCH3 is 1. The van der Waals surface area contributed by atoms with Crippen molar-refractivity contribution in [2.24, 2.45) is 0 Å². The molecule has 1 unspecified atom stereocenters. The molecular weight excluding hydrogens is 412 g/mol. The van der Waals surface area contributed by atoms with E-state index in [1.165, 1.54) is 0 Å². The lowest BCUT2D eigenvalue weighted by Gasteiger charge is -2.18. The predicted octanol–water partition coefficient (Wildman–Crippen LogP) is 3.69. The Morgan fingerprint density at radius 2 is 1.87 bits per heavy atom. The molecule has 0 aliphatic carbocycles. The first-order chi connectivity index (χ1) is 15.1. The molecule has 2 aromatic rings. The average Bonchev–Trinajstić information content (AvgIpc) is 2.79. The second-order valence-electron chi connectivity index (χ2n) is 6.99. The molecule has 0 spiro atoms. The second kappa shape index (κ2) is 13.7.